The lowest BCUT2D eigenvalue weighted by Gasteiger charge is -2.10. The minimum Gasteiger partial charge on any atom is -0.379 e. The van der Waals surface area contributed by atoms with Gasteiger partial charge in [-0.15, -0.1) is 0 Å². The van der Waals surface area contributed by atoms with E-state index in [1.54, 1.807) is 0 Å². The maximum atomic E-state index is 5.46. The molecule has 0 radical (unpaired) electrons. The molecule has 18 heavy (non-hydrogen) atoms. The van der Waals surface area contributed by atoms with E-state index in [0.717, 1.165) is 26.0 Å². The maximum absolute atomic E-state index is 5.46. The molecule has 6 heteroatoms. The van der Waals surface area contributed by atoms with Gasteiger partial charge in [-0.05, 0) is 19.3 Å². The zero-order valence-electron chi connectivity index (χ0n) is 11.1. The van der Waals surface area contributed by atoms with Gasteiger partial charge in [-0.1, -0.05) is 0 Å². The normalized spacial score (nSPS) is 24.0. The zero-order valence-corrected chi connectivity index (χ0v) is 11.1. The molecular formula is C12H26N2O4. The summed E-state index contributed by atoms with van der Waals surface area (Å²) >= 11 is 0. The topological polar surface area (TPSA) is 61.0 Å². The van der Waals surface area contributed by atoms with Gasteiger partial charge in [-0.2, -0.15) is 0 Å². The first kappa shape index (κ1) is 15.8. The van der Waals surface area contributed by atoms with Gasteiger partial charge in [0, 0.05) is 13.2 Å². The first-order chi connectivity index (χ1) is 9.00. The van der Waals surface area contributed by atoms with Crippen LogP contribution in [-0.2, 0) is 18.9 Å². The van der Waals surface area contributed by atoms with Crippen molar-refractivity contribution in [3.63, 3.8) is 0 Å². The van der Waals surface area contributed by atoms with Crippen LogP contribution in [0.5, 0.6) is 0 Å². The van der Waals surface area contributed by atoms with Gasteiger partial charge in [-0.3, -0.25) is 5.43 Å². The highest BCUT2D eigenvalue weighted by molar-refractivity contribution is 4.44. The van der Waals surface area contributed by atoms with Gasteiger partial charge in [0.1, 0.15) is 6.73 Å². The van der Waals surface area contributed by atoms with Gasteiger partial charge >= 0.3 is 0 Å². The standard InChI is InChI=1S/C12H26N2O4/c1-2-4-13-14-12-18-11-10-17-9-8-16-7-6-15-5-3-1/h13-14H,1-12H2. The van der Waals surface area contributed by atoms with Crippen LogP contribution in [0.15, 0.2) is 0 Å². The SMILES string of the molecule is C1CCNNCOCCOCCOCCOCC1. The molecule has 0 atom stereocenters. The molecule has 2 N–H and O–H groups in total. The molecule has 1 fully saturated rings. The minimum atomic E-state index is 0.503. The van der Waals surface area contributed by atoms with Crippen molar-refractivity contribution in [1.82, 2.24) is 10.9 Å². The van der Waals surface area contributed by atoms with Gasteiger partial charge < -0.3 is 18.9 Å². The lowest BCUT2D eigenvalue weighted by atomic mass is 10.2. The summed E-state index contributed by atoms with van der Waals surface area (Å²) in [6, 6.07) is 0. The van der Waals surface area contributed by atoms with E-state index in [1.807, 2.05) is 0 Å². The van der Waals surface area contributed by atoms with Gasteiger partial charge in [0.05, 0.1) is 39.6 Å². The third-order valence-corrected chi connectivity index (χ3v) is 2.51. The third-order valence-electron chi connectivity index (χ3n) is 2.51. The molecule has 0 amide bonds. The van der Waals surface area contributed by atoms with E-state index in [9.17, 15) is 0 Å². The van der Waals surface area contributed by atoms with Gasteiger partial charge in [0.2, 0.25) is 0 Å². The van der Waals surface area contributed by atoms with Crippen LogP contribution in [0.25, 0.3) is 0 Å². The number of hydrogen-bond donors (Lipinski definition) is 2. The van der Waals surface area contributed by atoms with E-state index in [2.05, 4.69) is 10.9 Å². The average Bonchev–Trinajstić information content (AvgIpc) is 2.39. The molecule has 0 saturated carbocycles. The predicted molar refractivity (Wildman–Crippen MR) is 68.3 cm³/mol. The Bertz CT molecular complexity index is 97.1. The first-order valence-electron chi connectivity index (χ1n) is 6.77. The van der Waals surface area contributed by atoms with Crippen LogP contribution in [0, 0.1) is 0 Å². The van der Waals surface area contributed by atoms with Crippen LogP contribution in [0.1, 0.15) is 19.3 Å². The fraction of sp³-hybridized carbons (Fsp3) is 1.00. The monoisotopic (exact) mass is 262 g/mol. The van der Waals surface area contributed by atoms with E-state index < -0.39 is 0 Å². The van der Waals surface area contributed by atoms with E-state index in [-0.39, 0.29) is 0 Å². The fourth-order valence-electron chi connectivity index (χ4n) is 1.52. The molecule has 0 unspecified atom stereocenters. The summed E-state index contributed by atoms with van der Waals surface area (Å²) in [7, 11) is 0. The van der Waals surface area contributed by atoms with Gasteiger partial charge in [0.15, 0.2) is 0 Å². The molecule has 1 aliphatic heterocycles. The fourth-order valence-corrected chi connectivity index (χ4v) is 1.52. The predicted octanol–water partition coefficient (Wildman–Crippen LogP) is 0.288. The Labute approximate surface area is 109 Å². The molecule has 1 aliphatic rings. The van der Waals surface area contributed by atoms with Crippen molar-refractivity contribution in [3.05, 3.63) is 0 Å². The van der Waals surface area contributed by atoms with Crippen molar-refractivity contribution in [2.45, 2.75) is 19.3 Å². The molecule has 0 aromatic heterocycles. The number of hydrazine groups is 1. The Kier molecular flexibility index (Phi) is 11.6. The molecule has 108 valence electrons. The molecule has 0 spiro atoms. The van der Waals surface area contributed by atoms with Crippen LogP contribution in [0.2, 0.25) is 0 Å². The van der Waals surface area contributed by atoms with E-state index in [4.69, 9.17) is 18.9 Å². The Morgan fingerprint density at radius 3 is 1.83 bits per heavy atom. The lowest BCUT2D eigenvalue weighted by Crippen LogP contribution is -2.34. The molecule has 1 rings (SSSR count). The van der Waals surface area contributed by atoms with Crippen LogP contribution >= 0.6 is 0 Å². The third kappa shape index (κ3) is 10.9. The summed E-state index contributed by atoms with van der Waals surface area (Å²) in [5.74, 6) is 0. The molecule has 0 aromatic rings. The molecule has 0 aliphatic carbocycles. The number of rotatable bonds is 0. The maximum Gasteiger partial charge on any atom is 0.109 e. The molecule has 1 heterocycles. The summed E-state index contributed by atoms with van der Waals surface area (Å²) in [6.07, 6.45) is 3.40. The summed E-state index contributed by atoms with van der Waals surface area (Å²) in [5.41, 5.74) is 6.12. The molecule has 0 bridgehead atoms. The zero-order chi connectivity index (χ0) is 12.7. The van der Waals surface area contributed by atoms with Gasteiger partial charge in [0.25, 0.3) is 0 Å². The molecule has 1 saturated heterocycles. The molecule has 6 nitrogen and oxygen atoms in total. The van der Waals surface area contributed by atoms with Crippen LogP contribution in [0.3, 0.4) is 0 Å². The van der Waals surface area contributed by atoms with Crippen LogP contribution in [0.4, 0.5) is 0 Å². The van der Waals surface area contributed by atoms with Crippen molar-refractivity contribution < 1.29 is 18.9 Å². The summed E-state index contributed by atoms with van der Waals surface area (Å²) < 4.78 is 21.5. The Morgan fingerprint density at radius 1 is 0.500 bits per heavy atom. The first-order valence-corrected chi connectivity index (χ1v) is 6.77. The van der Waals surface area contributed by atoms with Gasteiger partial charge in [-0.25, -0.2) is 5.43 Å². The quantitative estimate of drug-likeness (QED) is 0.654. The summed E-state index contributed by atoms with van der Waals surface area (Å²) in [4.78, 5) is 0. The Balaban J connectivity index is 2.00. The highest BCUT2D eigenvalue weighted by Crippen LogP contribution is 1.94. The second kappa shape index (κ2) is 13.2. The smallest absolute Gasteiger partial charge is 0.109 e. The number of ether oxygens (including phenoxy) is 4. The van der Waals surface area contributed by atoms with E-state index >= 15 is 0 Å². The second-order valence-corrected chi connectivity index (χ2v) is 4.05. The highest BCUT2D eigenvalue weighted by Gasteiger charge is 1.94. The lowest BCUT2D eigenvalue weighted by molar-refractivity contribution is -0.00584. The molecular weight excluding hydrogens is 236 g/mol. The van der Waals surface area contributed by atoms with Crippen molar-refractivity contribution in [2.24, 2.45) is 0 Å². The summed E-state index contributed by atoms with van der Waals surface area (Å²) in [5, 5.41) is 0. The average molecular weight is 262 g/mol. The Hall–Kier alpha value is -0.240. The second-order valence-electron chi connectivity index (χ2n) is 4.05. The van der Waals surface area contributed by atoms with Crippen molar-refractivity contribution in [1.29, 1.82) is 0 Å². The molecule has 0 aromatic carbocycles. The minimum absolute atomic E-state index is 0.503. The Morgan fingerprint density at radius 2 is 1.11 bits per heavy atom. The number of nitrogens with one attached hydrogen (secondary N) is 2. The number of hydrogen-bond acceptors (Lipinski definition) is 6. The summed E-state index contributed by atoms with van der Waals surface area (Å²) in [6.45, 7) is 5.99. The van der Waals surface area contributed by atoms with Crippen molar-refractivity contribution in [2.75, 3.05) is 59.5 Å². The van der Waals surface area contributed by atoms with Crippen LogP contribution < -0.4 is 10.9 Å². The van der Waals surface area contributed by atoms with Crippen LogP contribution in [-0.4, -0.2) is 59.5 Å². The van der Waals surface area contributed by atoms with Crippen molar-refractivity contribution in [3.8, 4) is 0 Å². The largest absolute Gasteiger partial charge is 0.379 e. The highest BCUT2D eigenvalue weighted by atomic mass is 16.6. The van der Waals surface area contributed by atoms with E-state index in [0.29, 0.717) is 46.4 Å². The van der Waals surface area contributed by atoms with Crippen molar-refractivity contribution >= 4 is 0 Å². The van der Waals surface area contributed by atoms with E-state index in [1.165, 1.54) is 6.42 Å².